The van der Waals surface area contributed by atoms with E-state index in [0.717, 1.165) is 37.3 Å². The maximum absolute atomic E-state index is 6.18. The predicted octanol–water partition coefficient (Wildman–Crippen LogP) is 6.76. The maximum atomic E-state index is 6.18. The summed E-state index contributed by atoms with van der Waals surface area (Å²) in [7, 11) is 6.70. The highest BCUT2D eigenvalue weighted by atomic mass is 16.5. The van der Waals surface area contributed by atoms with Crippen LogP contribution >= 0.6 is 0 Å². The predicted molar refractivity (Wildman–Crippen MR) is 124 cm³/mol. The highest BCUT2D eigenvalue weighted by molar-refractivity contribution is 4.65. The topological polar surface area (TPSA) is 18.5 Å². The third-order valence-corrected chi connectivity index (χ3v) is 5.10. The standard InChI is InChI=1S/C25H52NO2/c1-6-8-10-12-14-16-18-20-22-28-25(23-26(3,4)5)24-27-21-19-17-15-13-11-9-7-2/h6,25H,1,7-24H2,2-5H3/q+1. The first kappa shape index (κ1) is 27.6. The van der Waals surface area contributed by atoms with Crippen LogP contribution in [0.4, 0.5) is 0 Å². The summed E-state index contributed by atoms with van der Waals surface area (Å²) >= 11 is 0. The van der Waals surface area contributed by atoms with Gasteiger partial charge in [0.1, 0.15) is 12.6 Å². The lowest BCUT2D eigenvalue weighted by atomic mass is 10.1. The second kappa shape index (κ2) is 19.9. The first-order chi connectivity index (χ1) is 13.5. The molecular weight excluding hydrogens is 346 g/mol. The lowest BCUT2D eigenvalue weighted by molar-refractivity contribution is -0.873. The number of hydrogen-bond donors (Lipinski definition) is 0. The van der Waals surface area contributed by atoms with Crippen molar-refractivity contribution in [1.29, 1.82) is 0 Å². The fourth-order valence-electron chi connectivity index (χ4n) is 3.49. The Labute approximate surface area is 177 Å². The van der Waals surface area contributed by atoms with Gasteiger partial charge in [-0.05, 0) is 25.7 Å². The molecule has 0 heterocycles. The molecule has 0 spiro atoms. The third-order valence-electron chi connectivity index (χ3n) is 5.10. The van der Waals surface area contributed by atoms with Gasteiger partial charge in [0.25, 0.3) is 0 Å². The summed E-state index contributed by atoms with van der Waals surface area (Å²) < 4.78 is 13.1. The molecule has 0 aliphatic rings. The molecule has 0 bridgehead atoms. The Kier molecular flexibility index (Phi) is 19.6. The van der Waals surface area contributed by atoms with Crippen molar-refractivity contribution in [3.05, 3.63) is 12.7 Å². The minimum Gasteiger partial charge on any atom is -0.379 e. The number of hydrogen-bond acceptors (Lipinski definition) is 2. The Balaban J connectivity index is 3.73. The van der Waals surface area contributed by atoms with Gasteiger partial charge < -0.3 is 14.0 Å². The summed E-state index contributed by atoms with van der Waals surface area (Å²) in [5.74, 6) is 0. The molecular formula is C25H52NO2+. The number of nitrogens with zero attached hydrogens (tertiary/aromatic N) is 1. The molecule has 0 saturated carbocycles. The number of unbranched alkanes of at least 4 members (excludes halogenated alkanes) is 12. The van der Waals surface area contributed by atoms with E-state index in [9.17, 15) is 0 Å². The second-order valence-corrected chi connectivity index (χ2v) is 9.36. The SMILES string of the molecule is C=CCCCCCCCCOC(COCCCCCCCCC)C[N+](C)(C)C. The molecule has 0 amide bonds. The zero-order chi connectivity index (χ0) is 20.9. The van der Waals surface area contributed by atoms with E-state index in [-0.39, 0.29) is 6.10 Å². The van der Waals surface area contributed by atoms with Crippen LogP contribution in [0.25, 0.3) is 0 Å². The molecule has 0 saturated heterocycles. The number of ether oxygens (including phenoxy) is 2. The molecule has 0 radical (unpaired) electrons. The Morgan fingerprint density at radius 1 is 0.750 bits per heavy atom. The molecule has 0 aromatic carbocycles. The Morgan fingerprint density at radius 3 is 1.86 bits per heavy atom. The van der Waals surface area contributed by atoms with Gasteiger partial charge in [-0.25, -0.2) is 0 Å². The van der Waals surface area contributed by atoms with E-state index in [4.69, 9.17) is 9.47 Å². The number of likely N-dealkylation sites (N-methyl/N-ethyl adjacent to an activating group) is 1. The number of allylic oxidation sites excluding steroid dienone is 1. The van der Waals surface area contributed by atoms with Crippen LogP contribution in [0, 0.1) is 0 Å². The molecule has 0 aliphatic carbocycles. The van der Waals surface area contributed by atoms with Gasteiger partial charge in [0.05, 0.1) is 27.7 Å². The van der Waals surface area contributed by atoms with Crippen LogP contribution in [0.2, 0.25) is 0 Å². The van der Waals surface area contributed by atoms with Crippen molar-refractivity contribution in [1.82, 2.24) is 0 Å². The minimum atomic E-state index is 0.220. The van der Waals surface area contributed by atoms with Crippen molar-refractivity contribution in [3.8, 4) is 0 Å². The molecule has 0 rings (SSSR count). The van der Waals surface area contributed by atoms with Crippen molar-refractivity contribution in [2.24, 2.45) is 0 Å². The van der Waals surface area contributed by atoms with Crippen LogP contribution in [0.5, 0.6) is 0 Å². The molecule has 28 heavy (non-hydrogen) atoms. The summed E-state index contributed by atoms with van der Waals surface area (Å²) in [6.07, 6.45) is 20.5. The van der Waals surface area contributed by atoms with Crippen LogP contribution < -0.4 is 0 Å². The van der Waals surface area contributed by atoms with Crippen LogP contribution in [-0.2, 0) is 9.47 Å². The Morgan fingerprint density at radius 2 is 1.29 bits per heavy atom. The van der Waals surface area contributed by atoms with Gasteiger partial charge in [-0.2, -0.15) is 0 Å². The first-order valence-corrected chi connectivity index (χ1v) is 12.1. The fraction of sp³-hybridized carbons (Fsp3) is 0.920. The molecule has 0 aromatic heterocycles. The molecule has 3 heteroatoms. The molecule has 0 N–H and O–H groups in total. The fourth-order valence-corrected chi connectivity index (χ4v) is 3.49. The quantitative estimate of drug-likeness (QED) is 0.114. The van der Waals surface area contributed by atoms with Gasteiger partial charge in [-0.15, -0.1) is 6.58 Å². The van der Waals surface area contributed by atoms with E-state index in [2.05, 4.69) is 34.6 Å². The minimum absolute atomic E-state index is 0.220. The average Bonchev–Trinajstić information content (AvgIpc) is 2.64. The van der Waals surface area contributed by atoms with Crippen LogP contribution in [0.3, 0.4) is 0 Å². The van der Waals surface area contributed by atoms with Crippen molar-refractivity contribution >= 4 is 0 Å². The van der Waals surface area contributed by atoms with E-state index in [1.807, 2.05) is 6.08 Å². The van der Waals surface area contributed by atoms with Gasteiger partial charge in [0, 0.05) is 13.2 Å². The van der Waals surface area contributed by atoms with Crippen molar-refractivity contribution in [2.75, 3.05) is 47.5 Å². The van der Waals surface area contributed by atoms with E-state index < -0.39 is 0 Å². The van der Waals surface area contributed by atoms with E-state index in [0.29, 0.717) is 0 Å². The lowest BCUT2D eigenvalue weighted by Crippen LogP contribution is -2.44. The normalized spacial score (nSPS) is 13.0. The molecule has 0 aromatic rings. The second-order valence-electron chi connectivity index (χ2n) is 9.36. The molecule has 0 aliphatic heterocycles. The zero-order valence-corrected chi connectivity index (χ0v) is 19.9. The van der Waals surface area contributed by atoms with Gasteiger partial charge in [-0.3, -0.25) is 0 Å². The molecule has 1 unspecified atom stereocenters. The lowest BCUT2D eigenvalue weighted by Gasteiger charge is -2.29. The van der Waals surface area contributed by atoms with Gasteiger partial charge in [0.2, 0.25) is 0 Å². The average molecular weight is 399 g/mol. The number of quaternary nitrogens is 1. The summed E-state index contributed by atoms with van der Waals surface area (Å²) in [5.41, 5.74) is 0. The molecule has 3 nitrogen and oxygen atoms in total. The van der Waals surface area contributed by atoms with Crippen LogP contribution in [0.1, 0.15) is 96.8 Å². The summed E-state index contributed by atoms with van der Waals surface area (Å²) in [4.78, 5) is 0. The van der Waals surface area contributed by atoms with Gasteiger partial charge >= 0.3 is 0 Å². The largest absolute Gasteiger partial charge is 0.379 e. The van der Waals surface area contributed by atoms with E-state index >= 15 is 0 Å². The van der Waals surface area contributed by atoms with Gasteiger partial charge in [-0.1, -0.05) is 77.2 Å². The Bertz CT molecular complexity index is 325. The summed E-state index contributed by atoms with van der Waals surface area (Å²) in [6, 6.07) is 0. The van der Waals surface area contributed by atoms with Crippen LogP contribution in [0.15, 0.2) is 12.7 Å². The zero-order valence-electron chi connectivity index (χ0n) is 19.9. The van der Waals surface area contributed by atoms with Crippen molar-refractivity contribution in [2.45, 2.75) is 103 Å². The van der Waals surface area contributed by atoms with E-state index in [1.165, 1.54) is 83.5 Å². The summed E-state index contributed by atoms with van der Waals surface area (Å²) in [6.45, 7) is 9.57. The first-order valence-electron chi connectivity index (χ1n) is 12.1. The van der Waals surface area contributed by atoms with E-state index in [1.54, 1.807) is 0 Å². The van der Waals surface area contributed by atoms with Crippen molar-refractivity contribution < 1.29 is 14.0 Å². The number of rotatable bonds is 22. The molecule has 1 atom stereocenters. The highest BCUT2D eigenvalue weighted by Gasteiger charge is 2.18. The Hall–Kier alpha value is -0.380. The van der Waals surface area contributed by atoms with Crippen LogP contribution in [-0.4, -0.2) is 58.1 Å². The highest BCUT2D eigenvalue weighted by Crippen LogP contribution is 2.10. The third kappa shape index (κ3) is 21.9. The smallest absolute Gasteiger partial charge is 0.130 e. The molecule has 168 valence electrons. The monoisotopic (exact) mass is 398 g/mol. The van der Waals surface area contributed by atoms with Crippen molar-refractivity contribution in [3.63, 3.8) is 0 Å². The summed E-state index contributed by atoms with van der Waals surface area (Å²) in [5, 5.41) is 0. The maximum Gasteiger partial charge on any atom is 0.130 e. The van der Waals surface area contributed by atoms with Gasteiger partial charge in [0.15, 0.2) is 0 Å². The molecule has 0 fully saturated rings.